The van der Waals surface area contributed by atoms with Gasteiger partial charge >= 0.3 is 0 Å². The van der Waals surface area contributed by atoms with Crippen molar-refractivity contribution >= 4 is 0 Å². The van der Waals surface area contributed by atoms with Crippen LogP contribution in [0.3, 0.4) is 0 Å². The standard InChI is InChI=1S/C14H21NO/c1-14(2,3)16-11-13-10-15(13)9-12-7-5-4-6-8-12/h4-8,13H,9-11H2,1-3H3. The minimum Gasteiger partial charge on any atom is -0.374 e. The molecular formula is C14H21NO. The van der Waals surface area contributed by atoms with Gasteiger partial charge in [0, 0.05) is 19.1 Å². The van der Waals surface area contributed by atoms with E-state index >= 15 is 0 Å². The predicted octanol–water partition coefficient (Wildman–Crippen LogP) is 2.69. The number of rotatable bonds is 4. The van der Waals surface area contributed by atoms with Crippen molar-refractivity contribution in [3.63, 3.8) is 0 Å². The average molecular weight is 219 g/mol. The Labute approximate surface area is 98.2 Å². The van der Waals surface area contributed by atoms with Gasteiger partial charge in [-0.2, -0.15) is 0 Å². The van der Waals surface area contributed by atoms with Crippen molar-refractivity contribution in [2.24, 2.45) is 0 Å². The summed E-state index contributed by atoms with van der Waals surface area (Å²) in [5.41, 5.74) is 1.38. The Bertz CT molecular complexity index is 328. The van der Waals surface area contributed by atoms with Gasteiger partial charge in [-0.05, 0) is 26.3 Å². The zero-order valence-corrected chi connectivity index (χ0v) is 10.4. The molecule has 0 amide bonds. The zero-order valence-electron chi connectivity index (χ0n) is 10.4. The van der Waals surface area contributed by atoms with Crippen LogP contribution in [0.15, 0.2) is 30.3 Å². The summed E-state index contributed by atoms with van der Waals surface area (Å²) in [4.78, 5) is 2.45. The normalized spacial score (nSPS) is 24.4. The molecule has 2 atom stereocenters. The first-order chi connectivity index (χ1) is 7.54. The lowest BCUT2D eigenvalue weighted by atomic mass is 10.2. The van der Waals surface area contributed by atoms with Gasteiger partial charge in [0.2, 0.25) is 0 Å². The highest BCUT2D eigenvalue weighted by molar-refractivity contribution is 5.15. The number of hydrogen-bond acceptors (Lipinski definition) is 2. The number of nitrogens with zero attached hydrogens (tertiary/aromatic N) is 1. The molecule has 0 radical (unpaired) electrons. The minimum atomic E-state index is -0.0129. The van der Waals surface area contributed by atoms with E-state index in [0.717, 1.165) is 13.2 Å². The topological polar surface area (TPSA) is 12.2 Å². The Kier molecular flexibility index (Phi) is 3.31. The van der Waals surface area contributed by atoms with Crippen LogP contribution in [0.1, 0.15) is 26.3 Å². The fourth-order valence-corrected chi connectivity index (χ4v) is 1.74. The Morgan fingerprint density at radius 3 is 2.56 bits per heavy atom. The number of ether oxygens (including phenoxy) is 1. The molecule has 0 aliphatic carbocycles. The number of hydrogen-bond donors (Lipinski definition) is 0. The summed E-state index contributed by atoms with van der Waals surface area (Å²) in [6.45, 7) is 9.41. The van der Waals surface area contributed by atoms with E-state index in [0.29, 0.717) is 6.04 Å². The molecule has 1 saturated heterocycles. The van der Waals surface area contributed by atoms with Crippen LogP contribution in [0.4, 0.5) is 0 Å². The first-order valence-corrected chi connectivity index (χ1v) is 5.96. The van der Waals surface area contributed by atoms with Gasteiger partial charge in [0.25, 0.3) is 0 Å². The average Bonchev–Trinajstić information content (AvgIpc) is 2.94. The molecule has 2 heteroatoms. The van der Waals surface area contributed by atoms with Gasteiger partial charge in [0.15, 0.2) is 0 Å². The molecule has 1 heterocycles. The third-order valence-corrected chi connectivity index (χ3v) is 2.77. The van der Waals surface area contributed by atoms with E-state index in [9.17, 15) is 0 Å². The van der Waals surface area contributed by atoms with Crippen LogP contribution < -0.4 is 0 Å². The molecule has 2 nitrogen and oxygen atoms in total. The molecule has 16 heavy (non-hydrogen) atoms. The van der Waals surface area contributed by atoms with Crippen LogP contribution in [0.2, 0.25) is 0 Å². The maximum Gasteiger partial charge on any atom is 0.0641 e. The SMILES string of the molecule is CC(C)(C)OCC1CN1Cc1ccccc1. The van der Waals surface area contributed by atoms with E-state index in [1.807, 2.05) is 0 Å². The summed E-state index contributed by atoms with van der Waals surface area (Å²) in [7, 11) is 0. The van der Waals surface area contributed by atoms with Crippen molar-refractivity contribution in [3.8, 4) is 0 Å². The molecule has 0 spiro atoms. The van der Waals surface area contributed by atoms with Gasteiger partial charge in [0.05, 0.1) is 12.2 Å². The molecule has 1 aromatic rings. The van der Waals surface area contributed by atoms with Gasteiger partial charge in [-0.25, -0.2) is 0 Å². The maximum absolute atomic E-state index is 5.78. The molecule has 0 N–H and O–H groups in total. The lowest BCUT2D eigenvalue weighted by Crippen LogP contribution is -2.23. The summed E-state index contributed by atoms with van der Waals surface area (Å²) in [6, 6.07) is 11.2. The van der Waals surface area contributed by atoms with E-state index in [1.165, 1.54) is 12.1 Å². The van der Waals surface area contributed by atoms with Crippen molar-refractivity contribution < 1.29 is 4.74 Å². The first kappa shape index (κ1) is 11.6. The van der Waals surface area contributed by atoms with Crippen LogP contribution in [-0.2, 0) is 11.3 Å². The third kappa shape index (κ3) is 3.62. The molecular weight excluding hydrogens is 198 g/mol. The largest absolute Gasteiger partial charge is 0.374 e. The molecule has 0 bridgehead atoms. The van der Waals surface area contributed by atoms with E-state index in [2.05, 4.69) is 56.0 Å². The van der Waals surface area contributed by atoms with Gasteiger partial charge in [-0.3, -0.25) is 4.90 Å². The molecule has 0 saturated carbocycles. The maximum atomic E-state index is 5.78. The molecule has 2 unspecified atom stereocenters. The van der Waals surface area contributed by atoms with Crippen molar-refractivity contribution in [2.45, 2.75) is 39.0 Å². The fourth-order valence-electron chi connectivity index (χ4n) is 1.74. The van der Waals surface area contributed by atoms with Gasteiger partial charge in [-0.15, -0.1) is 0 Å². The van der Waals surface area contributed by atoms with Gasteiger partial charge < -0.3 is 4.74 Å². The summed E-state index contributed by atoms with van der Waals surface area (Å²) in [6.07, 6.45) is 0. The third-order valence-electron chi connectivity index (χ3n) is 2.77. The fraction of sp³-hybridized carbons (Fsp3) is 0.571. The zero-order chi connectivity index (χ0) is 11.6. The van der Waals surface area contributed by atoms with E-state index < -0.39 is 0 Å². The summed E-state index contributed by atoms with van der Waals surface area (Å²) in [5.74, 6) is 0. The van der Waals surface area contributed by atoms with Crippen LogP contribution in [0, 0.1) is 0 Å². The second-order valence-corrected chi connectivity index (χ2v) is 5.49. The number of benzene rings is 1. The lowest BCUT2D eigenvalue weighted by molar-refractivity contribution is -0.00570. The quantitative estimate of drug-likeness (QED) is 0.722. The monoisotopic (exact) mass is 219 g/mol. The van der Waals surface area contributed by atoms with Crippen molar-refractivity contribution in [1.29, 1.82) is 0 Å². The molecule has 1 aromatic carbocycles. The Hall–Kier alpha value is -0.860. The minimum absolute atomic E-state index is 0.0129. The highest BCUT2D eigenvalue weighted by Crippen LogP contribution is 2.22. The predicted molar refractivity (Wildman–Crippen MR) is 66.3 cm³/mol. The van der Waals surface area contributed by atoms with Gasteiger partial charge in [0.1, 0.15) is 0 Å². The molecule has 88 valence electrons. The van der Waals surface area contributed by atoms with E-state index in [-0.39, 0.29) is 5.60 Å². The van der Waals surface area contributed by atoms with Crippen LogP contribution in [0.5, 0.6) is 0 Å². The smallest absolute Gasteiger partial charge is 0.0641 e. The Morgan fingerprint density at radius 2 is 1.94 bits per heavy atom. The van der Waals surface area contributed by atoms with Crippen LogP contribution in [0.25, 0.3) is 0 Å². The van der Waals surface area contributed by atoms with E-state index in [4.69, 9.17) is 4.74 Å². The lowest BCUT2D eigenvalue weighted by Gasteiger charge is -2.19. The molecule has 1 aliphatic rings. The second kappa shape index (κ2) is 4.56. The van der Waals surface area contributed by atoms with Crippen molar-refractivity contribution in [3.05, 3.63) is 35.9 Å². The highest BCUT2D eigenvalue weighted by atomic mass is 16.5. The van der Waals surface area contributed by atoms with Crippen molar-refractivity contribution in [2.75, 3.05) is 13.2 Å². The van der Waals surface area contributed by atoms with Crippen LogP contribution in [-0.4, -0.2) is 29.7 Å². The van der Waals surface area contributed by atoms with Gasteiger partial charge in [-0.1, -0.05) is 30.3 Å². The van der Waals surface area contributed by atoms with E-state index in [1.54, 1.807) is 0 Å². The Balaban J connectivity index is 1.72. The molecule has 0 aromatic heterocycles. The summed E-state index contributed by atoms with van der Waals surface area (Å²) < 4.78 is 5.78. The van der Waals surface area contributed by atoms with Crippen molar-refractivity contribution in [1.82, 2.24) is 4.90 Å². The molecule has 1 aliphatic heterocycles. The second-order valence-electron chi connectivity index (χ2n) is 5.49. The Morgan fingerprint density at radius 1 is 1.25 bits per heavy atom. The van der Waals surface area contributed by atoms with Crippen LogP contribution >= 0.6 is 0 Å². The molecule has 1 fully saturated rings. The first-order valence-electron chi connectivity index (χ1n) is 5.96. The highest BCUT2D eigenvalue weighted by Gasteiger charge is 2.34. The molecule has 2 rings (SSSR count). The summed E-state index contributed by atoms with van der Waals surface area (Å²) >= 11 is 0. The summed E-state index contributed by atoms with van der Waals surface area (Å²) in [5, 5.41) is 0.